The Hall–Kier alpha value is -1.06. The second-order valence-corrected chi connectivity index (χ2v) is 4.69. The van der Waals surface area contributed by atoms with Crippen molar-refractivity contribution in [1.29, 1.82) is 0 Å². The first-order valence-corrected chi connectivity index (χ1v) is 6.42. The fourth-order valence-corrected chi connectivity index (χ4v) is 2.32. The van der Waals surface area contributed by atoms with Crippen molar-refractivity contribution in [3.05, 3.63) is 29.8 Å². The smallest absolute Gasteiger partial charge is 0.0766 e. The average molecular weight is 234 g/mol. The van der Waals surface area contributed by atoms with Crippen molar-refractivity contribution in [3.63, 3.8) is 0 Å². The normalized spacial score (nSPS) is 21.8. The monoisotopic (exact) mass is 234 g/mol. The minimum Gasteiger partial charge on any atom is -0.377 e. The van der Waals surface area contributed by atoms with E-state index in [1.807, 2.05) is 6.92 Å². The fraction of sp³-hybridized carbons (Fsp3) is 0.571. The Bertz CT molecular complexity index is 348. The van der Waals surface area contributed by atoms with E-state index in [1.54, 1.807) is 0 Å². The van der Waals surface area contributed by atoms with Gasteiger partial charge in [-0.1, -0.05) is 12.1 Å². The zero-order valence-corrected chi connectivity index (χ0v) is 10.7. The average Bonchev–Trinajstić information content (AvgIpc) is 2.78. The molecule has 0 spiro atoms. The van der Waals surface area contributed by atoms with Gasteiger partial charge in [0.2, 0.25) is 0 Å². The van der Waals surface area contributed by atoms with Crippen molar-refractivity contribution < 1.29 is 4.74 Å². The molecule has 0 saturated carbocycles. The van der Waals surface area contributed by atoms with Gasteiger partial charge in [-0.15, -0.1) is 0 Å². The van der Waals surface area contributed by atoms with Gasteiger partial charge in [-0.2, -0.15) is 0 Å². The van der Waals surface area contributed by atoms with Crippen LogP contribution in [0.1, 0.15) is 31.9 Å². The maximum Gasteiger partial charge on any atom is 0.0766 e. The molecule has 1 fully saturated rings. The largest absolute Gasteiger partial charge is 0.377 e. The topological polar surface area (TPSA) is 38.5 Å². The predicted molar refractivity (Wildman–Crippen MR) is 71.3 cm³/mol. The highest BCUT2D eigenvalue weighted by Gasteiger charge is 2.22. The third kappa shape index (κ3) is 2.99. The third-order valence-corrected chi connectivity index (χ3v) is 3.33. The van der Waals surface area contributed by atoms with Crippen LogP contribution in [0.4, 0.5) is 5.69 Å². The number of anilines is 1. The summed E-state index contributed by atoms with van der Waals surface area (Å²) in [6.07, 6.45) is 1.52. The Labute approximate surface area is 104 Å². The van der Waals surface area contributed by atoms with Crippen molar-refractivity contribution in [2.24, 2.45) is 5.73 Å². The van der Waals surface area contributed by atoms with Crippen LogP contribution in [0.15, 0.2) is 24.3 Å². The summed E-state index contributed by atoms with van der Waals surface area (Å²) in [5.41, 5.74) is 8.31. The Morgan fingerprint density at radius 1 is 1.41 bits per heavy atom. The van der Waals surface area contributed by atoms with E-state index < -0.39 is 0 Å². The maximum absolute atomic E-state index is 5.85. The lowest BCUT2D eigenvalue weighted by Crippen LogP contribution is -2.22. The van der Waals surface area contributed by atoms with Crippen LogP contribution in [0.5, 0.6) is 0 Å². The van der Waals surface area contributed by atoms with Gasteiger partial charge in [-0.3, -0.25) is 0 Å². The van der Waals surface area contributed by atoms with Gasteiger partial charge in [-0.05, 0) is 38.0 Å². The molecule has 1 aromatic carbocycles. The Morgan fingerprint density at radius 2 is 2.12 bits per heavy atom. The van der Waals surface area contributed by atoms with E-state index in [2.05, 4.69) is 36.1 Å². The van der Waals surface area contributed by atoms with E-state index in [9.17, 15) is 0 Å². The van der Waals surface area contributed by atoms with Crippen LogP contribution in [0, 0.1) is 0 Å². The zero-order valence-electron chi connectivity index (χ0n) is 10.7. The number of rotatable bonds is 4. The summed E-state index contributed by atoms with van der Waals surface area (Å²) in [4.78, 5) is 2.38. The second-order valence-electron chi connectivity index (χ2n) is 4.69. The molecule has 3 heteroatoms. The van der Waals surface area contributed by atoms with Crippen molar-refractivity contribution in [1.82, 2.24) is 0 Å². The van der Waals surface area contributed by atoms with Crippen molar-refractivity contribution in [2.45, 2.75) is 32.4 Å². The SMILES string of the molecule is CCOC1CCN(c2ccc(C(C)N)cc2)C1. The number of nitrogens with zero attached hydrogens (tertiary/aromatic N) is 1. The highest BCUT2D eigenvalue weighted by Crippen LogP contribution is 2.23. The lowest BCUT2D eigenvalue weighted by molar-refractivity contribution is 0.0787. The molecule has 2 unspecified atom stereocenters. The summed E-state index contributed by atoms with van der Waals surface area (Å²) in [5, 5.41) is 0. The van der Waals surface area contributed by atoms with Crippen LogP contribution < -0.4 is 10.6 Å². The van der Waals surface area contributed by atoms with Gasteiger partial charge in [0.1, 0.15) is 0 Å². The van der Waals surface area contributed by atoms with Gasteiger partial charge in [0.05, 0.1) is 6.10 Å². The zero-order chi connectivity index (χ0) is 12.3. The second kappa shape index (κ2) is 5.52. The molecule has 0 radical (unpaired) electrons. The van der Waals surface area contributed by atoms with Crippen LogP contribution in [-0.4, -0.2) is 25.8 Å². The molecule has 3 nitrogen and oxygen atoms in total. The van der Waals surface area contributed by atoms with Gasteiger partial charge in [0.15, 0.2) is 0 Å². The molecule has 17 heavy (non-hydrogen) atoms. The van der Waals surface area contributed by atoms with E-state index >= 15 is 0 Å². The Balaban J connectivity index is 1.99. The van der Waals surface area contributed by atoms with Crippen LogP contribution in [0.25, 0.3) is 0 Å². The molecule has 0 aromatic heterocycles. The first-order valence-electron chi connectivity index (χ1n) is 6.42. The molecule has 0 aliphatic carbocycles. The first-order chi connectivity index (χ1) is 8.20. The lowest BCUT2D eigenvalue weighted by Gasteiger charge is -2.19. The van der Waals surface area contributed by atoms with E-state index in [0.29, 0.717) is 6.10 Å². The summed E-state index contributed by atoms with van der Waals surface area (Å²) >= 11 is 0. The van der Waals surface area contributed by atoms with E-state index in [4.69, 9.17) is 10.5 Å². The molecule has 2 atom stereocenters. The van der Waals surface area contributed by atoms with Gasteiger partial charge in [-0.25, -0.2) is 0 Å². The summed E-state index contributed by atoms with van der Waals surface area (Å²) in [7, 11) is 0. The summed E-state index contributed by atoms with van der Waals surface area (Å²) in [6.45, 7) is 6.96. The number of nitrogens with two attached hydrogens (primary N) is 1. The van der Waals surface area contributed by atoms with Crippen LogP contribution in [-0.2, 0) is 4.74 Å². The first kappa shape index (κ1) is 12.4. The van der Waals surface area contributed by atoms with Crippen LogP contribution in [0.2, 0.25) is 0 Å². The van der Waals surface area contributed by atoms with E-state index in [0.717, 1.165) is 26.1 Å². The fourth-order valence-electron chi connectivity index (χ4n) is 2.32. The number of ether oxygens (including phenoxy) is 1. The van der Waals surface area contributed by atoms with Crippen molar-refractivity contribution in [2.75, 3.05) is 24.6 Å². The molecular formula is C14H22N2O. The highest BCUT2D eigenvalue weighted by molar-refractivity contribution is 5.49. The van der Waals surface area contributed by atoms with E-state index in [1.165, 1.54) is 11.3 Å². The summed E-state index contributed by atoms with van der Waals surface area (Å²) in [6, 6.07) is 8.67. The predicted octanol–water partition coefficient (Wildman–Crippen LogP) is 2.32. The minimum absolute atomic E-state index is 0.110. The van der Waals surface area contributed by atoms with Crippen LogP contribution >= 0.6 is 0 Å². The molecule has 1 aliphatic heterocycles. The van der Waals surface area contributed by atoms with Gasteiger partial charge in [0.25, 0.3) is 0 Å². The molecule has 1 saturated heterocycles. The third-order valence-electron chi connectivity index (χ3n) is 3.33. The molecule has 1 heterocycles. The molecular weight excluding hydrogens is 212 g/mol. The molecule has 2 rings (SSSR count). The molecule has 1 aliphatic rings. The molecule has 0 amide bonds. The summed E-state index contributed by atoms with van der Waals surface area (Å²) < 4.78 is 5.65. The molecule has 94 valence electrons. The minimum atomic E-state index is 0.110. The molecule has 2 N–H and O–H groups in total. The van der Waals surface area contributed by atoms with Crippen molar-refractivity contribution in [3.8, 4) is 0 Å². The standard InChI is InChI=1S/C14H22N2O/c1-3-17-14-8-9-16(10-14)13-6-4-12(5-7-13)11(2)15/h4-7,11,14H,3,8-10,15H2,1-2H3. The quantitative estimate of drug-likeness (QED) is 0.869. The maximum atomic E-state index is 5.85. The lowest BCUT2D eigenvalue weighted by atomic mass is 10.1. The molecule has 1 aromatic rings. The Kier molecular flexibility index (Phi) is 4.02. The number of benzene rings is 1. The Morgan fingerprint density at radius 3 is 2.71 bits per heavy atom. The van der Waals surface area contributed by atoms with Gasteiger partial charge >= 0.3 is 0 Å². The van der Waals surface area contributed by atoms with Crippen molar-refractivity contribution >= 4 is 5.69 Å². The van der Waals surface area contributed by atoms with E-state index in [-0.39, 0.29) is 6.04 Å². The highest BCUT2D eigenvalue weighted by atomic mass is 16.5. The summed E-state index contributed by atoms with van der Waals surface area (Å²) in [5.74, 6) is 0. The van der Waals surface area contributed by atoms with Gasteiger partial charge in [0, 0.05) is 31.4 Å². The van der Waals surface area contributed by atoms with Crippen LogP contribution in [0.3, 0.4) is 0 Å². The van der Waals surface area contributed by atoms with Gasteiger partial charge < -0.3 is 15.4 Å². The molecule has 0 bridgehead atoms. The number of hydrogen-bond donors (Lipinski definition) is 1. The number of hydrogen-bond acceptors (Lipinski definition) is 3.